The van der Waals surface area contributed by atoms with Crippen LogP contribution >= 0.6 is 15.9 Å². The van der Waals surface area contributed by atoms with Crippen molar-refractivity contribution in [2.24, 2.45) is 0 Å². The second-order valence-corrected chi connectivity index (χ2v) is 5.16. The zero-order valence-corrected chi connectivity index (χ0v) is 11.7. The maximum atomic E-state index is 12.0. The average molecular weight is 321 g/mol. The third-order valence-corrected chi connectivity index (χ3v) is 3.39. The number of carbonyl (C=O) groups is 1. The van der Waals surface area contributed by atoms with Gasteiger partial charge in [0.25, 0.3) is 0 Å². The number of halogens is 1. The molecule has 0 aliphatic rings. The number of Topliss-reactive ketones (excluding diaryl/α,β-unsaturated/α-hetero) is 1. The van der Waals surface area contributed by atoms with Crippen LogP contribution in [0.3, 0.4) is 0 Å². The molecule has 0 heterocycles. The normalized spacial score (nSPS) is 10.4. The fraction of sp³-hybridized carbons (Fsp3) is 0.133. The average Bonchev–Trinajstić information content (AvgIpc) is 2.38. The Morgan fingerprint density at radius 2 is 1.74 bits per heavy atom. The molecule has 0 fully saturated rings. The van der Waals surface area contributed by atoms with Gasteiger partial charge in [-0.15, -0.1) is 0 Å². The number of aromatic hydroxyl groups is 2. The molecule has 0 atom stereocenters. The lowest BCUT2D eigenvalue weighted by atomic mass is 10.0. The van der Waals surface area contributed by atoms with Crippen LogP contribution in [0.4, 0.5) is 0 Å². The highest BCUT2D eigenvalue weighted by Gasteiger charge is 2.08. The van der Waals surface area contributed by atoms with Crippen molar-refractivity contribution >= 4 is 21.7 Å². The van der Waals surface area contributed by atoms with Crippen LogP contribution in [0.25, 0.3) is 0 Å². The first-order valence-corrected chi connectivity index (χ1v) is 6.65. The van der Waals surface area contributed by atoms with E-state index >= 15 is 0 Å². The van der Waals surface area contributed by atoms with E-state index in [4.69, 9.17) is 0 Å². The molecule has 2 aromatic carbocycles. The van der Waals surface area contributed by atoms with Gasteiger partial charge >= 0.3 is 0 Å². The van der Waals surface area contributed by atoms with Crippen molar-refractivity contribution in [2.45, 2.75) is 12.8 Å². The maximum absolute atomic E-state index is 12.0. The molecular formula is C15H13BrO3. The summed E-state index contributed by atoms with van der Waals surface area (Å²) in [5.74, 6) is 0.0593. The van der Waals surface area contributed by atoms with Gasteiger partial charge in [0.15, 0.2) is 5.78 Å². The van der Waals surface area contributed by atoms with E-state index in [1.165, 1.54) is 12.1 Å². The highest BCUT2D eigenvalue weighted by Crippen LogP contribution is 2.24. The number of aryl methyl sites for hydroxylation is 1. The minimum atomic E-state index is 0.0143. The molecule has 0 amide bonds. The van der Waals surface area contributed by atoms with Gasteiger partial charge in [0.1, 0.15) is 11.5 Å². The molecular weight excluding hydrogens is 308 g/mol. The van der Waals surface area contributed by atoms with Crippen LogP contribution in [-0.2, 0) is 6.42 Å². The van der Waals surface area contributed by atoms with Crippen LogP contribution in [-0.4, -0.2) is 16.0 Å². The van der Waals surface area contributed by atoms with Gasteiger partial charge in [-0.2, -0.15) is 0 Å². The zero-order valence-electron chi connectivity index (χ0n) is 10.1. The third kappa shape index (κ3) is 3.58. The Kier molecular flexibility index (Phi) is 4.22. The molecule has 4 heteroatoms. The minimum absolute atomic E-state index is 0.0143. The number of carbonyl (C=O) groups excluding carboxylic acids is 1. The zero-order chi connectivity index (χ0) is 13.8. The van der Waals surface area contributed by atoms with Crippen molar-refractivity contribution in [2.75, 3.05) is 0 Å². The smallest absolute Gasteiger partial charge is 0.163 e. The molecule has 0 bridgehead atoms. The Labute approximate surface area is 119 Å². The largest absolute Gasteiger partial charge is 0.508 e. The second kappa shape index (κ2) is 5.89. The molecule has 0 radical (unpaired) electrons. The van der Waals surface area contributed by atoms with Crippen molar-refractivity contribution in [3.05, 3.63) is 58.1 Å². The summed E-state index contributed by atoms with van der Waals surface area (Å²) in [5, 5.41) is 18.8. The SMILES string of the molecule is O=C(CCc1ccc(O)cc1O)c1ccc(Br)cc1. The molecule has 0 unspecified atom stereocenters. The lowest BCUT2D eigenvalue weighted by Gasteiger charge is -2.05. The van der Waals surface area contributed by atoms with Gasteiger partial charge < -0.3 is 10.2 Å². The van der Waals surface area contributed by atoms with Gasteiger partial charge in [-0.1, -0.05) is 34.1 Å². The lowest BCUT2D eigenvalue weighted by molar-refractivity contribution is 0.0983. The van der Waals surface area contributed by atoms with E-state index in [-0.39, 0.29) is 17.3 Å². The summed E-state index contributed by atoms with van der Waals surface area (Å²) in [6, 6.07) is 11.6. The summed E-state index contributed by atoms with van der Waals surface area (Å²) in [4.78, 5) is 12.0. The molecule has 2 N–H and O–H groups in total. The van der Waals surface area contributed by atoms with Crippen molar-refractivity contribution in [1.29, 1.82) is 0 Å². The first-order valence-electron chi connectivity index (χ1n) is 5.86. The summed E-state index contributed by atoms with van der Waals surface area (Å²) in [5.41, 5.74) is 1.31. The van der Waals surface area contributed by atoms with E-state index < -0.39 is 0 Å². The molecule has 0 saturated carbocycles. The van der Waals surface area contributed by atoms with Crippen molar-refractivity contribution in [3.63, 3.8) is 0 Å². The third-order valence-electron chi connectivity index (χ3n) is 2.86. The van der Waals surface area contributed by atoms with Gasteiger partial charge in [0.05, 0.1) is 0 Å². The van der Waals surface area contributed by atoms with Crippen LogP contribution in [0.15, 0.2) is 46.9 Å². The van der Waals surface area contributed by atoms with Crippen LogP contribution in [0.1, 0.15) is 22.3 Å². The molecule has 0 saturated heterocycles. The molecule has 98 valence electrons. The van der Waals surface area contributed by atoms with Crippen LogP contribution in [0.5, 0.6) is 11.5 Å². The molecule has 0 aliphatic heterocycles. The standard InChI is InChI=1S/C15H13BrO3/c16-12-5-1-10(2-6-12)14(18)8-4-11-3-7-13(17)9-15(11)19/h1-3,5-7,9,17,19H,4,8H2. The summed E-state index contributed by atoms with van der Waals surface area (Å²) in [7, 11) is 0. The Hall–Kier alpha value is -1.81. The Morgan fingerprint density at radius 3 is 2.37 bits per heavy atom. The number of phenolic OH excluding ortho intramolecular Hbond substituents is 2. The monoisotopic (exact) mass is 320 g/mol. The number of hydrogen-bond donors (Lipinski definition) is 2. The summed E-state index contributed by atoms with van der Waals surface area (Å²) < 4.78 is 0.931. The van der Waals surface area contributed by atoms with E-state index in [0.29, 0.717) is 24.0 Å². The van der Waals surface area contributed by atoms with Crippen molar-refractivity contribution < 1.29 is 15.0 Å². The summed E-state index contributed by atoms with van der Waals surface area (Å²) in [6.45, 7) is 0. The van der Waals surface area contributed by atoms with E-state index in [0.717, 1.165) is 4.47 Å². The quantitative estimate of drug-likeness (QED) is 0.845. The molecule has 0 aromatic heterocycles. The maximum Gasteiger partial charge on any atom is 0.163 e. The van der Waals surface area contributed by atoms with Gasteiger partial charge in [-0.25, -0.2) is 0 Å². The Morgan fingerprint density at radius 1 is 1.05 bits per heavy atom. The van der Waals surface area contributed by atoms with Crippen molar-refractivity contribution in [3.8, 4) is 11.5 Å². The molecule has 0 spiro atoms. The Balaban J connectivity index is 2.02. The van der Waals surface area contributed by atoms with E-state index in [2.05, 4.69) is 15.9 Å². The van der Waals surface area contributed by atoms with Gasteiger partial charge in [0.2, 0.25) is 0 Å². The number of benzene rings is 2. The molecule has 3 nitrogen and oxygen atoms in total. The van der Waals surface area contributed by atoms with E-state index in [1.54, 1.807) is 18.2 Å². The fourth-order valence-corrected chi connectivity index (χ4v) is 2.06. The predicted molar refractivity (Wildman–Crippen MR) is 76.6 cm³/mol. The minimum Gasteiger partial charge on any atom is -0.508 e. The summed E-state index contributed by atoms with van der Waals surface area (Å²) in [6.07, 6.45) is 0.765. The van der Waals surface area contributed by atoms with Crippen LogP contribution in [0, 0.1) is 0 Å². The highest BCUT2D eigenvalue weighted by atomic mass is 79.9. The molecule has 0 aliphatic carbocycles. The molecule has 2 aromatic rings. The van der Waals surface area contributed by atoms with E-state index in [9.17, 15) is 15.0 Å². The van der Waals surface area contributed by atoms with E-state index in [1.807, 2.05) is 12.1 Å². The predicted octanol–water partition coefficient (Wildman–Crippen LogP) is 3.68. The number of phenols is 2. The number of ketones is 1. The first-order chi connectivity index (χ1) is 9.06. The van der Waals surface area contributed by atoms with Crippen molar-refractivity contribution in [1.82, 2.24) is 0 Å². The topological polar surface area (TPSA) is 57.5 Å². The molecule has 19 heavy (non-hydrogen) atoms. The first kappa shape index (κ1) is 13.6. The molecule has 2 rings (SSSR count). The Bertz CT molecular complexity index is 591. The second-order valence-electron chi connectivity index (χ2n) is 4.24. The highest BCUT2D eigenvalue weighted by molar-refractivity contribution is 9.10. The van der Waals surface area contributed by atoms with Gasteiger partial charge in [-0.05, 0) is 30.2 Å². The van der Waals surface area contributed by atoms with Crippen LogP contribution < -0.4 is 0 Å². The number of hydrogen-bond acceptors (Lipinski definition) is 3. The van der Waals surface area contributed by atoms with Crippen LogP contribution in [0.2, 0.25) is 0 Å². The fourth-order valence-electron chi connectivity index (χ4n) is 1.79. The summed E-state index contributed by atoms with van der Waals surface area (Å²) >= 11 is 3.32. The van der Waals surface area contributed by atoms with Gasteiger partial charge in [-0.3, -0.25) is 4.79 Å². The lowest BCUT2D eigenvalue weighted by Crippen LogP contribution is -2.01. The van der Waals surface area contributed by atoms with Gasteiger partial charge in [0, 0.05) is 22.5 Å². The number of rotatable bonds is 4.